The molecule has 0 aliphatic carbocycles. The molecule has 21 heavy (non-hydrogen) atoms. The molecule has 114 valence electrons. The largest absolute Gasteiger partial charge is 0.481 e. The fourth-order valence-electron chi connectivity index (χ4n) is 2.62. The maximum atomic E-state index is 13.1. The first-order valence-corrected chi connectivity index (χ1v) is 7.31. The Morgan fingerprint density at radius 2 is 2.19 bits per heavy atom. The number of carboxylic acid groups (broad SMARTS) is 1. The first-order valence-electron chi connectivity index (χ1n) is 6.93. The lowest BCUT2D eigenvalue weighted by molar-refractivity contribution is -0.137. The van der Waals surface area contributed by atoms with E-state index in [0.717, 1.165) is 12.8 Å². The second kappa shape index (κ2) is 6.89. The molecule has 1 atom stereocenters. The zero-order valence-corrected chi connectivity index (χ0v) is 12.3. The molecule has 1 aliphatic rings. The molecule has 6 heteroatoms. The molecule has 1 heterocycles. The Hall–Kier alpha value is -1.62. The maximum absolute atomic E-state index is 13.1. The van der Waals surface area contributed by atoms with Crippen LogP contribution in [0, 0.1) is 11.7 Å². The summed E-state index contributed by atoms with van der Waals surface area (Å²) in [5, 5.41) is 8.65. The van der Waals surface area contributed by atoms with E-state index in [4.69, 9.17) is 16.7 Å². The molecule has 1 unspecified atom stereocenters. The average Bonchev–Trinajstić information content (AvgIpc) is 2.47. The molecule has 1 amide bonds. The SMILES string of the molecule is O=C(O)CCC1CCCN(C(=O)c2ccc(F)c(Cl)c2)C1. The Kier molecular flexibility index (Phi) is 5.17. The van der Waals surface area contributed by atoms with E-state index in [9.17, 15) is 14.0 Å². The van der Waals surface area contributed by atoms with Crippen molar-refractivity contribution in [1.29, 1.82) is 0 Å². The lowest BCUT2D eigenvalue weighted by Gasteiger charge is -2.32. The number of hydrogen-bond donors (Lipinski definition) is 1. The number of likely N-dealkylation sites (tertiary alicyclic amines) is 1. The summed E-state index contributed by atoms with van der Waals surface area (Å²) in [4.78, 5) is 24.7. The van der Waals surface area contributed by atoms with E-state index < -0.39 is 11.8 Å². The van der Waals surface area contributed by atoms with Gasteiger partial charge in [0.2, 0.25) is 0 Å². The summed E-state index contributed by atoms with van der Waals surface area (Å²) in [6, 6.07) is 3.94. The predicted octanol–water partition coefficient (Wildman–Crippen LogP) is 3.20. The van der Waals surface area contributed by atoms with Gasteiger partial charge in [-0.05, 0) is 43.4 Å². The highest BCUT2D eigenvalue weighted by Gasteiger charge is 2.25. The number of rotatable bonds is 4. The van der Waals surface area contributed by atoms with Crippen molar-refractivity contribution in [2.24, 2.45) is 5.92 Å². The van der Waals surface area contributed by atoms with E-state index in [1.54, 1.807) is 4.90 Å². The molecule has 0 spiro atoms. The zero-order valence-electron chi connectivity index (χ0n) is 11.5. The van der Waals surface area contributed by atoms with E-state index in [2.05, 4.69) is 0 Å². The molecule has 4 nitrogen and oxygen atoms in total. The van der Waals surface area contributed by atoms with Crippen LogP contribution in [0.4, 0.5) is 4.39 Å². The molecular formula is C15H17ClFNO3. The van der Waals surface area contributed by atoms with E-state index in [0.29, 0.717) is 25.1 Å². The highest BCUT2D eigenvalue weighted by atomic mass is 35.5. The lowest BCUT2D eigenvalue weighted by atomic mass is 9.93. The van der Waals surface area contributed by atoms with Gasteiger partial charge in [-0.2, -0.15) is 0 Å². The van der Waals surface area contributed by atoms with Crippen molar-refractivity contribution in [3.8, 4) is 0 Å². The van der Waals surface area contributed by atoms with Crippen LogP contribution in [0.15, 0.2) is 18.2 Å². The second-order valence-electron chi connectivity index (χ2n) is 5.32. The van der Waals surface area contributed by atoms with Crippen molar-refractivity contribution in [3.63, 3.8) is 0 Å². The molecule has 1 saturated heterocycles. The van der Waals surface area contributed by atoms with E-state index in [1.165, 1.54) is 18.2 Å². The molecule has 0 radical (unpaired) electrons. The van der Waals surface area contributed by atoms with E-state index in [1.807, 2.05) is 0 Å². The van der Waals surface area contributed by atoms with Crippen molar-refractivity contribution in [3.05, 3.63) is 34.6 Å². The first-order chi connectivity index (χ1) is 9.97. The third-order valence-corrected chi connectivity index (χ3v) is 4.03. The van der Waals surface area contributed by atoms with Gasteiger partial charge >= 0.3 is 5.97 Å². The topological polar surface area (TPSA) is 57.6 Å². The zero-order chi connectivity index (χ0) is 15.4. The van der Waals surface area contributed by atoms with Crippen molar-refractivity contribution in [2.75, 3.05) is 13.1 Å². The fraction of sp³-hybridized carbons (Fsp3) is 0.467. The number of benzene rings is 1. The molecule has 1 aromatic rings. The number of carbonyl (C=O) groups is 2. The quantitative estimate of drug-likeness (QED) is 0.928. The minimum Gasteiger partial charge on any atom is -0.481 e. The number of hydrogen-bond acceptors (Lipinski definition) is 2. The summed E-state index contributed by atoms with van der Waals surface area (Å²) in [5.41, 5.74) is 0.361. The van der Waals surface area contributed by atoms with Gasteiger partial charge in [0, 0.05) is 25.1 Å². The van der Waals surface area contributed by atoms with Crippen molar-refractivity contribution < 1.29 is 19.1 Å². The first kappa shape index (κ1) is 15.8. The smallest absolute Gasteiger partial charge is 0.303 e. The molecule has 1 fully saturated rings. The monoisotopic (exact) mass is 313 g/mol. The Morgan fingerprint density at radius 3 is 2.86 bits per heavy atom. The minimum atomic E-state index is -0.816. The van der Waals surface area contributed by atoms with Crippen LogP contribution in [0.25, 0.3) is 0 Å². The van der Waals surface area contributed by atoms with E-state index in [-0.39, 0.29) is 23.3 Å². The summed E-state index contributed by atoms with van der Waals surface area (Å²) in [6.07, 6.45) is 2.48. The third-order valence-electron chi connectivity index (χ3n) is 3.74. The summed E-state index contributed by atoms with van der Waals surface area (Å²) < 4.78 is 13.1. The Morgan fingerprint density at radius 1 is 1.43 bits per heavy atom. The van der Waals surface area contributed by atoms with Crippen LogP contribution < -0.4 is 0 Å². The molecule has 1 aliphatic heterocycles. The van der Waals surface area contributed by atoms with Gasteiger partial charge in [-0.15, -0.1) is 0 Å². The Labute approximate surface area is 127 Å². The number of aliphatic carboxylic acids is 1. The van der Waals surface area contributed by atoms with Gasteiger partial charge in [0.25, 0.3) is 5.91 Å². The van der Waals surface area contributed by atoms with Crippen LogP contribution in [-0.4, -0.2) is 35.0 Å². The van der Waals surface area contributed by atoms with Crippen LogP contribution in [0.3, 0.4) is 0 Å². The van der Waals surface area contributed by atoms with Gasteiger partial charge in [-0.25, -0.2) is 4.39 Å². The van der Waals surface area contributed by atoms with Gasteiger partial charge in [0.15, 0.2) is 0 Å². The number of carboxylic acids is 1. The fourth-order valence-corrected chi connectivity index (χ4v) is 2.81. The molecule has 1 aromatic carbocycles. The highest BCUT2D eigenvalue weighted by molar-refractivity contribution is 6.31. The lowest BCUT2D eigenvalue weighted by Crippen LogP contribution is -2.40. The Balaban J connectivity index is 2.01. The highest BCUT2D eigenvalue weighted by Crippen LogP contribution is 2.24. The number of carbonyl (C=O) groups excluding carboxylic acids is 1. The third kappa shape index (κ3) is 4.17. The van der Waals surface area contributed by atoms with Gasteiger partial charge in [0.1, 0.15) is 5.82 Å². The molecule has 0 bridgehead atoms. The standard InChI is InChI=1S/C15H17ClFNO3/c16-12-8-11(4-5-13(12)17)15(21)18-7-1-2-10(9-18)3-6-14(19)20/h4-5,8,10H,1-3,6-7,9H2,(H,19,20). The van der Waals surface area contributed by atoms with Crippen molar-refractivity contribution in [1.82, 2.24) is 4.90 Å². The normalized spacial score (nSPS) is 18.6. The number of amides is 1. The summed E-state index contributed by atoms with van der Waals surface area (Å²) >= 11 is 5.70. The van der Waals surface area contributed by atoms with Gasteiger partial charge in [0.05, 0.1) is 5.02 Å². The summed E-state index contributed by atoms with van der Waals surface area (Å²) in [7, 11) is 0. The average molecular weight is 314 g/mol. The number of piperidine rings is 1. The van der Waals surface area contributed by atoms with Crippen LogP contribution in [-0.2, 0) is 4.79 Å². The minimum absolute atomic E-state index is 0.0692. The Bertz CT molecular complexity index is 550. The molecule has 0 saturated carbocycles. The molecular weight excluding hydrogens is 297 g/mol. The van der Waals surface area contributed by atoms with Crippen molar-refractivity contribution in [2.45, 2.75) is 25.7 Å². The van der Waals surface area contributed by atoms with Crippen LogP contribution in [0.2, 0.25) is 5.02 Å². The van der Waals surface area contributed by atoms with Crippen LogP contribution in [0.1, 0.15) is 36.0 Å². The van der Waals surface area contributed by atoms with Gasteiger partial charge in [-0.1, -0.05) is 11.6 Å². The summed E-state index contributed by atoms with van der Waals surface area (Å²) in [5.74, 6) is -1.35. The molecule has 0 aromatic heterocycles. The van der Waals surface area contributed by atoms with Gasteiger partial charge in [-0.3, -0.25) is 9.59 Å². The number of nitrogens with zero attached hydrogens (tertiary/aromatic N) is 1. The number of halogens is 2. The van der Waals surface area contributed by atoms with Gasteiger partial charge < -0.3 is 10.0 Å². The maximum Gasteiger partial charge on any atom is 0.303 e. The second-order valence-corrected chi connectivity index (χ2v) is 5.73. The molecule has 2 rings (SSSR count). The predicted molar refractivity (Wildman–Crippen MR) is 76.9 cm³/mol. The van der Waals surface area contributed by atoms with Crippen LogP contribution in [0.5, 0.6) is 0 Å². The van der Waals surface area contributed by atoms with Crippen LogP contribution >= 0.6 is 11.6 Å². The van der Waals surface area contributed by atoms with Crippen molar-refractivity contribution >= 4 is 23.5 Å². The summed E-state index contributed by atoms with van der Waals surface area (Å²) in [6.45, 7) is 1.18. The molecule has 1 N–H and O–H groups in total. The van der Waals surface area contributed by atoms with E-state index >= 15 is 0 Å².